The Hall–Kier alpha value is -2.28. The summed E-state index contributed by atoms with van der Waals surface area (Å²) in [6.07, 6.45) is 4.44. The maximum atomic E-state index is 12.9. The number of pyridine rings is 1. The van der Waals surface area contributed by atoms with E-state index < -0.39 is 0 Å². The average Bonchev–Trinajstić information content (AvgIpc) is 3.02. The van der Waals surface area contributed by atoms with E-state index in [1.807, 2.05) is 24.0 Å². The number of carbonyl (C=O) groups is 1. The summed E-state index contributed by atoms with van der Waals surface area (Å²) in [6.45, 7) is 4.68. The second-order valence-electron chi connectivity index (χ2n) is 5.95. The molecule has 2 unspecified atom stereocenters. The maximum absolute atomic E-state index is 12.9. The number of aromatic nitrogens is 4. The lowest BCUT2D eigenvalue weighted by Gasteiger charge is -2.51. The standard InChI is InChI=1S/C15H18N6O/c1-10-2-3-12(14(18-10)21-7-6-17-19-21)15(22)20-9-11-4-5-16-8-13(11)20/h2-3,6-7,11,13,16H,4-5,8-9H2,1H3. The quantitative estimate of drug-likeness (QED) is 0.869. The first-order valence-corrected chi connectivity index (χ1v) is 7.60. The Morgan fingerprint density at radius 2 is 2.32 bits per heavy atom. The smallest absolute Gasteiger partial charge is 0.258 e. The van der Waals surface area contributed by atoms with Gasteiger partial charge >= 0.3 is 0 Å². The first-order chi connectivity index (χ1) is 10.7. The fourth-order valence-corrected chi connectivity index (χ4v) is 3.32. The first-order valence-electron chi connectivity index (χ1n) is 7.60. The molecular weight excluding hydrogens is 280 g/mol. The van der Waals surface area contributed by atoms with E-state index in [1.54, 1.807) is 17.1 Å². The number of amides is 1. The van der Waals surface area contributed by atoms with E-state index in [9.17, 15) is 4.79 Å². The average molecular weight is 298 g/mol. The maximum Gasteiger partial charge on any atom is 0.258 e. The van der Waals surface area contributed by atoms with Gasteiger partial charge in [0.2, 0.25) is 0 Å². The van der Waals surface area contributed by atoms with Gasteiger partial charge in [-0.05, 0) is 37.9 Å². The van der Waals surface area contributed by atoms with E-state index in [2.05, 4.69) is 20.6 Å². The molecule has 7 nitrogen and oxygen atoms in total. The molecule has 4 rings (SSSR count). The van der Waals surface area contributed by atoms with Crippen LogP contribution in [0.25, 0.3) is 5.82 Å². The SMILES string of the molecule is Cc1ccc(C(=O)N2CC3CCNCC32)c(-n2ccnn2)n1. The summed E-state index contributed by atoms with van der Waals surface area (Å²) in [6, 6.07) is 4.01. The van der Waals surface area contributed by atoms with Crippen LogP contribution in [0.15, 0.2) is 24.5 Å². The summed E-state index contributed by atoms with van der Waals surface area (Å²) in [5.74, 6) is 1.22. The molecule has 0 aromatic carbocycles. The molecule has 2 fully saturated rings. The predicted molar refractivity (Wildman–Crippen MR) is 79.7 cm³/mol. The van der Waals surface area contributed by atoms with E-state index >= 15 is 0 Å². The van der Waals surface area contributed by atoms with Crippen molar-refractivity contribution in [2.75, 3.05) is 19.6 Å². The molecule has 2 aliphatic heterocycles. The van der Waals surface area contributed by atoms with Crippen molar-refractivity contribution < 1.29 is 4.79 Å². The van der Waals surface area contributed by atoms with E-state index in [0.29, 0.717) is 23.3 Å². The molecule has 0 aliphatic carbocycles. The van der Waals surface area contributed by atoms with Gasteiger partial charge in [-0.15, -0.1) is 5.10 Å². The fourth-order valence-electron chi connectivity index (χ4n) is 3.32. The molecule has 2 aliphatic rings. The Kier molecular flexibility index (Phi) is 3.15. The highest BCUT2D eigenvalue weighted by atomic mass is 16.2. The lowest BCUT2D eigenvalue weighted by atomic mass is 9.82. The van der Waals surface area contributed by atoms with Crippen LogP contribution < -0.4 is 5.32 Å². The van der Waals surface area contributed by atoms with Crippen molar-refractivity contribution in [3.63, 3.8) is 0 Å². The second kappa shape index (κ2) is 5.17. The van der Waals surface area contributed by atoms with Gasteiger partial charge < -0.3 is 10.2 Å². The van der Waals surface area contributed by atoms with Crippen LogP contribution in [0.5, 0.6) is 0 Å². The molecule has 114 valence electrons. The molecule has 2 saturated heterocycles. The van der Waals surface area contributed by atoms with Crippen LogP contribution in [0, 0.1) is 12.8 Å². The van der Waals surface area contributed by atoms with Crippen LogP contribution in [-0.4, -0.2) is 56.5 Å². The molecule has 2 atom stereocenters. The number of aryl methyl sites for hydroxylation is 1. The third-order valence-corrected chi connectivity index (χ3v) is 4.57. The highest BCUT2D eigenvalue weighted by Gasteiger charge is 2.43. The zero-order valence-corrected chi connectivity index (χ0v) is 12.4. The van der Waals surface area contributed by atoms with Gasteiger partial charge in [0.25, 0.3) is 5.91 Å². The van der Waals surface area contributed by atoms with Gasteiger partial charge in [0.1, 0.15) is 0 Å². The Bertz CT molecular complexity index is 698. The summed E-state index contributed by atoms with van der Waals surface area (Å²) < 4.78 is 1.55. The molecule has 1 N–H and O–H groups in total. The highest BCUT2D eigenvalue weighted by molar-refractivity contribution is 5.97. The van der Waals surface area contributed by atoms with Gasteiger partial charge in [-0.1, -0.05) is 5.21 Å². The molecule has 1 amide bonds. The van der Waals surface area contributed by atoms with Gasteiger partial charge in [-0.3, -0.25) is 4.79 Å². The molecule has 0 saturated carbocycles. The summed E-state index contributed by atoms with van der Waals surface area (Å²) in [5, 5.41) is 11.2. The van der Waals surface area contributed by atoms with Crippen LogP contribution in [0.4, 0.5) is 0 Å². The van der Waals surface area contributed by atoms with Crippen LogP contribution in [-0.2, 0) is 0 Å². The number of nitrogens with zero attached hydrogens (tertiary/aromatic N) is 5. The molecule has 7 heteroatoms. The van der Waals surface area contributed by atoms with Crippen LogP contribution in [0.1, 0.15) is 22.5 Å². The van der Waals surface area contributed by atoms with Crippen molar-refractivity contribution in [2.45, 2.75) is 19.4 Å². The van der Waals surface area contributed by atoms with Gasteiger partial charge in [-0.25, -0.2) is 9.67 Å². The summed E-state index contributed by atoms with van der Waals surface area (Å²) in [5.41, 5.74) is 1.43. The lowest BCUT2D eigenvalue weighted by Crippen LogP contribution is -2.65. The van der Waals surface area contributed by atoms with Crippen LogP contribution >= 0.6 is 0 Å². The Morgan fingerprint density at radius 1 is 1.41 bits per heavy atom. The number of piperidine rings is 1. The van der Waals surface area contributed by atoms with Crippen molar-refractivity contribution in [2.24, 2.45) is 5.92 Å². The Morgan fingerprint density at radius 3 is 3.09 bits per heavy atom. The minimum absolute atomic E-state index is 0.0305. The topological polar surface area (TPSA) is 75.9 Å². The molecule has 0 bridgehead atoms. The number of hydrogen-bond donors (Lipinski definition) is 1. The highest BCUT2D eigenvalue weighted by Crippen LogP contribution is 2.31. The molecule has 2 aromatic heterocycles. The number of nitrogens with one attached hydrogen (secondary N) is 1. The van der Waals surface area contributed by atoms with E-state index in [-0.39, 0.29) is 5.91 Å². The zero-order chi connectivity index (χ0) is 15.1. The normalized spacial score (nSPS) is 23.8. The molecule has 0 radical (unpaired) electrons. The van der Waals surface area contributed by atoms with Crippen molar-refractivity contribution in [1.29, 1.82) is 0 Å². The minimum atomic E-state index is 0.0305. The third-order valence-electron chi connectivity index (χ3n) is 4.57. The van der Waals surface area contributed by atoms with Gasteiger partial charge in [0.15, 0.2) is 5.82 Å². The number of hydrogen-bond acceptors (Lipinski definition) is 5. The molecule has 22 heavy (non-hydrogen) atoms. The summed E-state index contributed by atoms with van der Waals surface area (Å²) in [7, 11) is 0. The molecular formula is C15H18N6O. The van der Waals surface area contributed by atoms with Gasteiger partial charge in [-0.2, -0.15) is 0 Å². The number of rotatable bonds is 2. The van der Waals surface area contributed by atoms with E-state index in [4.69, 9.17) is 0 Å². The first kappa shape index (κ1) is 13.4. The largest absolute Gasteiger partial charge is 0.334 e. The number of carbonyl (C=O) groups excluding carboxylic acids is 1. The monoisotopic (exact) mass is 298 g/mol. The Labute approximate surface area is 128 Å². The lowest BCUT2D eigenvalue weighted by molar-refractivity contribution is 0.00277. The summed E-state index contributed by atoms with van der Waals surface area (Å²) >= 11 is 0. The number of likely N-dealkylation sites (tertiary alicyclic amines) is 1. The minimum Gasteiger partial charge on any atom is -0.334 e. The van der Waals surface area contributed by atoms with Crippen molar-refractivity contribution in [3.8, 4) is 5.82 Å². The van der Waals surface area contributed by atoms with E-state index in [1.165, 1.54) is 0 Å². The molecule has 0 spiro atoms. The fraction of sp³-hybridized carbons (Fsp3) is 0.467. The number of fused-ring (bicyclic) bond motifs is 1. The second-order valence-corrected chi connectivity index (χ2v) is 5.95. The van der Waals surface area contributed by atoms with Crippen molar-refractivity contribution >= 4 is 5.91 Å². The zero-order valence-electron chi connectivity index (χ0n) is 12.4. The van der Waals surface area contributed by atoms with Crippen molar-refractivity contribution in [3.05, 3.63) is 35.8 Å². The predicted octanol–water partition coefficient (Wildman–Crippen LogP) is 0.405. The third kappa shape index (κ3) is 2.09. The Balaban J connectivity index is 1.66. The molecule has 2 aromatic rings. The van der Waals surface area contributed by atoms with Crippen LogP contribution in [0.2, 0.25) is 0 Å². The van der Waals surface area contributed by atoms with Gasteiger partial charge in [0.05, 0.1) is 18.0 Å². The van der Waals surface area contributed by atoms with Crippen LogP contribution in [0.3, 0.4) is 0 Å². The van der Waals surface area contributed by atoms with E-state index in [0.717, 1.165) is 31.7 Å². The molecule has 4 heterocycles. The summed E-state index contributed by atoms with van der Waals surface area (Å²) in [4.78, 5) is 19.3. The van der Waals surface area contributed by atoms with Gasteiger partial charge in [0, 0.05) is 24.8 Å². The van der Waals surface area contributed by atoms with Crippen molar-refractivity contribution in [1.82, 2.24) is 30.2 Å².